The summed E-state index contributed by atoms with van der Waals surface area (Å²) >= 11 is 6.05. The Kier molecular flexibility index (Phi) is 7.25. The molecule has 0 radical (unpaired) electrons. The van der Waals surface area contributed by atoms with Crippen molar-refractivity contribution in [3.63, 3.8) is 0 Å². The summed E-state index contributed by atoms with van der Waals surface area (Å²) < 4.78 is 10.8. The number of esters is 1. The second-order valence-corrected chi connectivity index (χ2v) is 6.65. The monoisotopic (exact) mass is 409 g/mol. The van der Waals surface area contributed by atoms with Gasteiger partial charge in [-0.3, -0.25) is 4.79 Å². The summed E-state index contributed by atoms with van der Waals surface area (Å²) in [7, 11) is 0. The van der Waals surface area contributed by atoms with Gasteiger partial charge in [-0.2, -0.15) is 0 Å². The first kappa shape index (κ1) is 20.4. The van der Waals surface area contributed by atoms with Crippen molar-refractivity contribution in [3.05, 3.63) is 101 Å². The fourth-order valence-corrected chi connectivity index (χ4v) is 2.76. The van der Waals surface area contributed by atoms with Crippen LogP contribution in [0.25, 0.3) is 0 Å². The van der Waals surface area contributed by atoms with Crippen molar-refractivity contribution >= 4 is 23.5 Å². The number of carbonyl (C=O) groups excluding carboxylic acids is 2. The molecule has 1 amide bonds. The summed E-state index contributed by atoms with van der Waals surface area (Å²) in [5.74, 6) is -0.454. The molecule has 0 fully saturated rings. The van der Waals surface area contributed by atoms with E-state index in [0.29, 0.717) is 22.9 Å². The van der Waals surface area contributed by atoms with E-state index >= 15 is 0 Å². The van der Waals surface area contributed by atoms with Crippen LogP contribution in [-0.4, -0.2) is 18.5 Å². The summed E-state index contributed by atoms with van der Waals surface area (Å²) in [4.78, 5) is 24.2. The van der Waals surface area contributed by atoms with Crippen LogP contribution in [0.2, 0.25) is 5.02 Å². The van der Waals surface area contributed by atoms with Gasteiger partial charge in [0.2, 0.25) is 0 Å². The zero-order valence-electron chi connectivity index (χ0n) is 15.6. The maximum absolute atomic E-state index is 12.2. The molecule has 0 aliphatic carbocycles. The van der Waals surface area contributed by atoms with Gasteiger partial charge < -0.3 is 14.8 Å². The lowest BCUT2D eigenvalue weighted by Gasteiger charge is -2.09. The molecule has 5 nitrogen and oxygen atoms in total. The van der Waals surface area contributed by atoms with Crippen molar-refractivity contribution in [1.82, 2.24) is 5.32 Å². The molecule has 3 rings (SSSR count). The average molecular weight is 410 g/mol. The average Bonchev–Trinajstić information content (AvgIpc) is 2.76. The van der Waals surface area contributed by atoms with Crippen LogP contribution in [0.5, 0.6) is 5.75 Å². The van der Waals surface area contributed by atoms with E-state index < -0.39 is 11.9 Å². The second-order valence-electron chi connectivity index (χ2n) is 6.25. The maximum atomic E-state index is 12.2. The predicted molar refractivity (Wildman–Crippen MR) is 111 cm³/mol. The molecule has 0 heterocycles. The fourth-order valence-electron chi connectivity index (χ4n) is 2.55. The van der Waals surface area contributed by atoms with E-state index in [-0.39, 0.29) is 13.2 Å². The van der Waals surface area contributed by atoms with E-state index in [0.717, 1.165) is 11.1 Å². The molecule has 29 heavy (non-hydrogen) atoms. The minimum Gasteiger partial charge on any atom is -0.489 e. The van der Waals surface area contributed by atoms with Gasteiger partial charge in [-0.25, -0.2) is 4.79 Å². The predicted octanol–water partition coefficient (Wildman–Crippen LogP) is 4.39. The highest BCUT2D eigenvalue weighted by molar-refractivity contribution is 6.31. The third-order valence-electron chi connectivity index (χ3n) is 4.09. The quantitative estimate of drug-likeness (QED) is 0.560. The number of carbonyl (C=O) groups is 2. The molecule has 0 saturated heterocycles. The number of rotatable bonds is 8. The Bertz CT molecular complexity index is 975. The normalized spacial score (nSPS) is 10.2. The van der Waals surface area contributed by atoms with Crippen LogP contribution in [0.3, 0.4) is 0 Å². The molecule has 0 aliphatic rings. The topological polar surface area (TPSA) is 64.6 Å². The first-order chi connectivity index (χ1) is 14.1. The highest BCUT2D eigenvalue weighted by Crippen LogP contribution is 2.16. The van der Waals surface area contributed by atoms with Gasteiger partial charge in [0.15, 0.2) is 6.61 Å². The van der Waals surface area contributed by atoms with Gasteiger partial charge in [-0.1, -0.05) is 66.2 Å². The molecule has 0 atom stereocenters. The zero-order valence-corrected chi connectivity index (χ0v) is 16.4. The van der Waals surface area contributed by atoms with E-state index in [9.17, 15) is 9.59 Å². The van der Waals surface area contributed by atoms with Crippen molar-refractivity contribution in [2.45, 2.75) is 13.2 Å². The van der Waals surface area contributed by atoms with Crippen LogP contribution in [0.4, 0.5) is 0 Å². The Hall–Kier alpha value is -3.31. The fraction of sp³-hybridized carbons (Fsp3) is 0.130. The zero-order chi connectivity index (χ0) is 20.5. The minimum absolute atomic E-state index is 0.263. The van der Waals surface area contributed by atoms with Gasteiger partial charge in [0, 0.05) is 11.6 Å². The molecule has 0 unspecified atom stereocenters. The first-order valence-corrected chi connectivity index (χ1v) is 9.43. The minimum atomic E-state index is -0.594. The lowest BCUT2D eigenvalue weighted by atomic mass is 10.2. The molecule has 0 spiro atoms. The van der Waals surface area contributed by atoms with Gasteiger partial charge in [0.25, 0.3) is 5.91 Å². The third kappa shape index (κ3) is 6.36. The summed E-state index contributed by atoms with van der Waals surface area (Å²) in [5, 5.41) is 3.24. The summed E-state index contributed by atoms with van der Waals surface area (Å²) in [6.07, 6.45) is 0. The van der Waals surface area contributed by atoms with Crippen molar-refractivity contribution in [2.75, 3.05) is 6.61 Å². The summed E-state index contributed by atoms with van der Waals surface area (Å²) in [5.41, 5.74) is 2.13. The molecule has 0 bridgehead atoms. The standard InChI is InChI=1S/C23H20ClNO4/c24-21-12-5-4-9-19(21)14-25-22(26)16-29-23(27)18-10-6-11-20(13-18)28-15-17-7-2-1-3-8-17/h1-13H,14-16H2,(H,25,26). The third-order valence-corrected chi connectivity index (χ3v) is 4.45. The van der Waals surface area contributed by atoms with Crippen LogP contribution in [-0.2, 0) is 22.7 Å². The Balaban J connectivity index is 1.47. The van der Waals surface area contributed by atoms with E-state index in [1.165, 1.54) is 0 Å². The first-order valence-electron chi connectivity index (χ1n) is 9.06. The Morgan fingerprint density at radius 2 is 1.66 bits per heavy atom. The van der Waals surface area contributed by atoms with Crippen LogP contribution < -0.4 is 10.1 Å². The molecule has 3 aromatic rings. The summed E-state index contributed by atoms with van der Waals surface area (Å²) in [6, 6.07) is 23.6. The van der Waals surface area contributed by atoms with Crippen molar-refractivity contribution in [3.8, 4) is 5.75 Å². The second kappa shape index (κ2) is 10.3. The smallest absolute Gasteiger partial charge is 0.338 e. The molecule has 0 aliphatic heterocycles. The summed E-state index contributed by atoms with van der Waals surface area (Å²) in [6.45, 7) is 0.279. The molecule has 3 aromatic carbocycles. The van der Waals surface area contributed by atoms with E-state index in [2.05, 4.69) is 5.32 Å². The van der Waals surface area contributed by atoms with Crippen LogP contribution in [0.15, 0.2) is 78.9 Å². The Morgan fingerprint density at radius 3 is 2.45 bits per heavy atom. The molecule has 6 heteroatoms. The number of hydrogen-bond acceptors (Lipinski definition) is 4. The van der Waals surface area contributed by atoms with Crippen LogP contribution in [0.1, 0.15) is 21.5 Å². The van der Waals surface area contributed by atoms with Gasteiger partial charge in [-0.05, 0) is 35.4 Å². The van der Waals surface area contributed by atoms with Crippen molar-refractivity contribution < 1.29 is 19.1 Å². The van der Waals surface area contributed by atoms with Crippen LogP contribution >= 0.6 is 11.6 Å². The molecule has 148 valence electrons. The molecule has 0 aromatic heterocycles. The van der Waals surface area contributed by atoms with Gasteiger partial charge in [-0.15, -0.1) is 0 Å². The van der Waals surface area contributed by atoms with E-state index in [4.69, 9.17) is 21.1 Å². The van der Waals surface area contributed by atoms with Gasteiger partial charge in [0.1, 0.15) is 12.4 Å². The van der Waals surface area contributed by atoms with Crippen molar-refractivity contribution in [2.24, 2.45) is 0 Å². The highest BCUT2D eigenvalue weighted by atomic mass is 35.5. The highest BCUT2D eigenvalue weighted by Gasteiger charge is 2.11. The van der Waals surface area contributed by atoms with E-state index in [1.54, 1.807) is 30.3 Å². The van der Waals surface area contributed by atoms with Gasteiger partial charge in [0.05, 0.1) is 5.56 Å². The lowest BCUT2D eigenvalue weighted by molar-refractivity contribution is -0.124. The molecule has 1 N–H and O–H groups in total. The molecular weight excluding hydrogens is 390 g/mol. The largest absolute Gasteiger partial charge is 0.489 e. The SMILES string of the molecule is O=C(COC(=O)c1cccc(OCc2ccccc2)c1)NCc1ccccc1Cl. The number of hydrogen-bond donors (Lipinski definition) is 1. The van der Waals surface area contributed by atoms with Gasteiger partial charge >= 0.3 is 5.97 Å². The number of halogens is 1. The maximum Gasteiger partial charge on any atom is 0.338 e. The van der Waals surface area contributed by atoms with Crippen LogP contribution in [0, 0.1) is 0 Å². The molecule has 0 saturated carbocycles. The molecular formula is C23H20ClNO4. The van der Waals surface area contributed by atoms with Crippen molar-refractivity contribution in [1.29, 1.82) is 0 Å². The Labute approximate surface area is 174 Å². The number of ether oxygens (including phenoxy) is 2. The lowest BCUT2D eigenvalue weighted by Crippen LogP contribution is -2.28. The number of nitrogens with one attached hydrogen (secondary N) is 1. The Morgan fingerprint density at radius 1 is 0.897 bits per heavy atom. The van der Waals surface area contributed by atoms with E-state index in [1.807, 2.05) is 48.5 Å². The number of amides is 1. The number of benzene rings is 3.